The minimum atomic E-state index is -0.655. The Kier molecular flexibility index (Phi) is 3.42. The van der Waals surface area contributed by atoms with E-state index in [1.165, 1.54) is 19.2 Å². The van der Waals surface area contributed by atoms with Gasteiger partial charge in [-0.1, -0.05) is 6.07 Å². The van der Waals surface area contributed by atoms with Gasteiger partial charge in [0.05, 0.1) is 12.5 Å². The molecule has 2 N–H and O–H groups in total. The van der Waals surface area contributed by atoms with Crippen LogP contribution in [-0.4, -0.2) is 23.3 Å². The Bertz CT molecular complexity index is 396. The van der Waals surface area contributed by atoms with E-state index in [9.17, 15) is 9.90 Å². The van der Waals surface area contributed by atoms with Gasteiger partial charge in [0.1, 0.15) is 0 Å². The van der Waals surface area contributed by atoms with Crippen LogP contribution in [0.5, 0.6) is 11.5 Å². The lowest BCUT2D eigenvalue weighted by Gasteiger charge is -2.21. The molecule has 16 heavy (non-hydrogen) atoms. The predicted molar refractivity (Wildman–Crippen MR) is 59.3 cm³/mol. The van der Waals surface area contributed by atoms with Crippen molar-refractivity contribution in [1.29, 1.82) is 0 Å². The Labute approximate surface area is 94.5 Å². The first kappa shape index (κ1) is 12.4. The number of methoxy groups -OCH3 is 1. The van der Waals surface area contributed by atoms with Gasteiger partial charge in [-0.3, -0.25) is 4.79 Å². The molecule has 0 saturated heterocycles. The highest BCUT2D eigenvalue weighted by molar-refractivity contribution is 5.76. The Balaban J connectivity index is 2.88. The fraction of sp³-hybridized carbons (Fsp3) is 0.417. The topological polar surface area (TPSA) is 66.8 Å². The standard InChI is InChI=1S/C12H16O4/c1-12(2,11(15)16-3)7-8-4-5-9(13)10(14)6-8/h4-6,13-14H,7H2,1-3H3. The summed E-state index contributed by atoms with van der Waals surface area (Å²) in [7, 11) is 1.35. The van der Waals surface area contributed by atoms with E-state index in [1.807, 2.05) is 0 Å². The molecule has 0 radical (unpaired) electrons. The Hall–Kier alpha value is -1.71. The number of rotatable bonds is 3. The molecule has 1 aromatic carbocycles. The maximum atomic E-state index is 11.5. The molecule has 0 aliphatic carbocycles. The van der Waals surface area contributed by atoms with E-state index in [0.29, 0.717) is 6.42 Å². The Morgan fingerprint density at radius 1 is 1.31 bits per heavy atom. The summed E-state index contributed by atoms with van der Waals surface area (Å²) >= 11 is 0. The normalized spacial score (nSPS) is 11.2. The number of aromatic hydroxyl groups is 2. The average Bonchev–Trinajstić information content (AvgIpc) is 2.22. The first-order chi connectivity index (χ1) is 7.36. The molecule has 4 nitrogen and oxygen atoms in total. The summed E-state index contributed by atoms with van der Waals surface area (Å²) in [6, 6.07) is 4.51. The van der Waals surface area contributed by atoms with E-state index in [1.54, 1.807) is 19.9 Å². The lowest BCUT2D eigenvalue weighted by Crippen LogP contribution is -2.27. The highest BCUT2D eigenvalue weighted by Gasteiger charge is 2.29. The van der Waals surface area contributed by atoms with E-state index in [0.717, 1.165) is 5.56 Å². The molecule has 4 heteroatoms. The number of hydrogen-bond acceptors (Lipinski definition) is 4. The molecule has 0 spiro atoms. The molecule has 0 bridgehead atoms. The summed E-state index contributed by atoms with van der Waals surface area (Å²) in [5.41, 5.74) is 0.115. The summed E-state index contributed by atoms with van der Waals surface area (Å²) in [6.07, 6.45) is 0.438. The van der Waals surface area contributed by atoms with Crippen molar-refractivity contribution in [2.45, 2.75) is 20.3 Å². The van der Waals surface area contributed by atoms with Gasteiger partial charge in [0, 0.05) is 0 Å². The third-order valence-electron chi connectivity index (χ3n) is 2.42. The highest BCUT2D eigenvalue weighted by atomic mass is 16.5. The van der Waals surface area contributed by atoms with Crippen LogP contribution in [0.25, 0.3) is 0 Å². The second-order valence-corrected chi connectivity index (χ2v) is 4.38. The minimum Gasteiger partial charge on any atom is -0.504 e. The zero-order chi connectivity index (χ0) is 12.3. The number of carbonyl (C=O) groups excluding carboxylic acids is 1. The van der Waals surface area contributed by atoms with Crippen LogP contribution in [0, 0.1) is 5.41 Å². The molecule has 0 saturated carbocycles. The van der Waals surface area contributed by atoms with Crippen molar-refractivity contribution >= 4 is 5.97 Å². The summed E-state index contributed by atoms with van der Waals surface area (Å²) < 4.78 is 4.69. The number of ether oxygens (including phenoxy) is 1. The van der Waals surface area contributed by atoms with Crippen LogP contribution >= 0.6 is 0 Å². The predicted octanol–water partition coefficient (Wildman–Crippen LogP) is 1.84. The molecule has 0 atom stereocenters. The van der Waals surface area contributed by atoms with Crippen LogP contribution in [0.2, 0.25) is 0 Å². The van der Waals surface area contributed by atoms with E-state index in [2.05, 4.69) is 0 Å². The van der Waals surface area contributed by atoms with Crippen molar-refractivity contribution in [3.8, 4) is 11.5 Å². The summed E-state index contributed by atoms with van der Waals surface area (Å²) in [4.78, 5) is 11.5. The van der Waals surface area contributed by atoms with Crippen LogP contribution in [0.4, 0.5) is 0 Å². The number of phenols is 2. The van der Waals surface area contributed by atoms with Crippen LogP contribution in [0.1, 0.15) is 19.4 Å². The van der Waals surface area contributed by atoms with Gasteiger partial charge in [-0.2, -0.15) is 0 Å². The largest absolute Gasteiger partial charge is 0.504 e. The van der Waals surface area contributed by atoms with E-state index in [-0.39, 0.29) is 17.5 Å². The molecule has 1 aromatic rings. The van der Waals surface area contributed by atoms with Crippen molar-refractivity contribution in [2.24, 2.45) is 5.41 Å². The number of phenolic OH excluding ortho intramolecular Hbond substituents is 2. The number of benzene rings is 1. The zero-order valence-electron chi connectivity index (χ0n) is 9.65. The fourth-order valence-electron chi connectivity index (χ4n) is 1.54. The van der Waals surface area contributed by atoms with Gasteiger partial charge in [0.2, 0.25) is 0 Å². The highest BCUT2D eigenvalue weighted by Crippen LogP contribution is 2.29. The van der Waals surface area contributed by atoms with Crippen molar-refractivity contribution in [1.82, 2.24) is 0 Å². The van der Waals surface area contributed by atoms with E-state index >= 15 is 0 Å². The van der Waals surface area contributed by atoms with E-state index in [4.69, 9.17) is 9.84 Å². The number of esters is 1. The van der Waals surface area contributed by atoms with Gasteiger partial charge in [-0.25, -0.2) is 0 Å². The van der Waals surface area contributed by atoms with Crippen molar-refractivity contribution < 1.29 is 19.7 Å². The smallest absolute Gasteiger partial charge is 0.311 e. The molecule has 0 aliphatic rings. The van der Waals surface area contributed by atoms with Gasteiger partial charge >= 0.3 is 5.97 Å². The van der Waals surface area contributed by atoms with Crippen molar-refractivity contribution in [2.75, 3.05) is 7.11 Å². The molecule has 0 aliphatic heterocycles. The molecule has 0 amide bonds. The molecule has 0 aromatic heterocycles. The average molecular weight is 224 g/mol. The second kappa shape index (κ2) is 4.43. The fourth-order valence-corrected chi connectivity index (χ4v) is 1.54. The molecule has 0 fully saturated rings. The van der Waals surface area contributed by atoms with Gasteiger partial charge < -0.3 is 14.9 Å². The van der Waals surface area contributed by atoms with Gasteiger partial charge in [0.15, 0.2) is 11.5 Å². The lowest BCUT2D eigenvalue weighted by atomic mass is 9.86. The molecular formula is C12H16O4. The monoisotopic (exact) mass is 224 g/mol. The Morgan fingerprint density at radius 3 is 2.44 bits per heavy atom. The summed E-state index contributed by atoms with van der Waals surface area (Å²) in [6.45, 7) is 3.53. The zero-order valence-corrected chi connectivity index (χ0v) is 9.65. The molecule has 0 heterocycles. The first-order valence-electron chi connectivity index (χ1n) is 4.96. The quantitative estimate of drug-likeness (QED) is 0.607. The molecule has 1 rings (SSSR count). The minimum absolute atomic E-state index is 0.167. The Morgan fingerprint density at radius 2 is 1.94 bits per heavy atom. The lowest BCUT2D eigenvalue weighted by molar-refractivity contribution is -0.150. The summed E-state index contributed by atoms with van der Waals surface area (Å²) in [5, 5.41) is 18.5. The maximum absolute atomic E-state index is 11.5. The van der Waals surface area contributed by atoms with Crippen LogP contribution < -0.4 is 0 Å². The number of carbonyl (C=O) groups is 1. The van der Waals surface area contributed by atoms with Crippen LogP contribution in [0.15, 0.2) is 18.2 Å². The molecular weight excluding hydrogens is 208 g/mol. The number of hydrogen-bond donors (Lipinski definition) is 2. The maximum Gasteiger partial charge on any atom is 0.311 e. The molecule has 88 valence electrons. The summed E-state index contributed by atoms with van der Waals surface area (Å²) in [5.74, 6) is -0.655. The van der Waals surface area contributed by atoms with Crippen LogP contribution in [-0.2, 0) is 16.0 Å². The first-order valence-corrected chi connectivity index (χ1v) is 4.96. The van der Waals surface area contributed by atoms with Crippen molar-refractivity contribution in [3.05, 3.63) is 23.8 Å². The second-order valence-electron chi connectivity index (χ2n) is 4.38. The van der Waals surface area contributed by atoms with Gasteiger partial charge in [-0.05, 0) is 38.0 Å². The van der Waals surface area contributed by atoms with Gasteiger partial charge in [-0.15, -0.1) is 0 Å². The van der Waals surface area contributed by atoms with Crippen molar-refractivity contribution in [3.63, 3.8) is 0 Å². The molecule has 0 unspecified atom stereocenters. The SMILES string of the molecule is COC(=O)C(C)(C)Cc1ccc(O)c(O)c1. The third-order valence-corrected chi connectivity index (χ3v) is 2.42. The van der Waals surface area contributed by atoms with Gasteiger partial charge in [0.25, 0.3) is 0 Å². The third kappa shape index (κ3) is 2.66. The van der Waals surface area contributed by atoms with E-state index < -0.39 is 5.41 Å². The van der Waals surface area contributed by atoms with Crippen LogP contribution in [0.3, 0.4) is 0 Å².